The molecule has 0 bridgehead atoms. The van der Waals surface area contributed by atoms with Crippen molar-refractivity contribution >= 4 is 17.3 Å². The molecule has 0 fully saturated rings. The van der Waals surface area contributed by atoms with Crippen molar-refractivity contribution in [3.8, 4) is 0 Å². The molecule has 0 aliphatic heterocycles. The third-order valence-corrected chi connectivity index (χ3v) is 2.55. The Kier molecular flexibility index (Phi) is 4.12. The second-order valence-electron chi connectivity index (χ2n) is 4.21. The zero-order valence-electron chi connectivity index (χ0n) is 10.8. The first-order valence-corrected chi connectivity index (χ1v) is 6.17. The second kappa shape index (κ2) is 6.00. The first-order valence-electron chi connectivity index (χ1n) is 6.17. The number of hydrogen-bond donors (Lipinski definition) is 2. The van der Waals surface area contributed by atoms with E-state index in [2.05, 4.69) is 46.6 Å². The molecule has 0 saturated carbocycles. The predicted octanol–water partition coefficient (Wildman–Crippen LogP) is 3.35. The molecule has 0 amide bonds. The molecule has 0 unspecified atom stereocenters. The average Bonchev–Trinajstić information content (AvgIpc) is 2.40. The van der Waals surface area contributed by atoms with Crippen molar-refractivity contribution in [2.24, 2.45) is 0 Å². The zero-order valence-corrected chi connectivity index (χ0v) is 10.8. The Labute approximate surface area is 107 Å². The maximum absolute atomic E-state index is 4.20. The van der Waals surface area contributed by atoms with E-state index in [0.29, 0.717) is 0 Å². The lowest BCUT2D eigenvalue weighted by Crippen LogP contribution is -2.03. The minimum atomic E-state index is 0.799. The second-order valence-corrected chi connectivity index (χ2v) is 4.21. The van der Waals surface area contributed by atoms with Crippen molar-refractivity contribution in [1.82, 2.24) is 9.97 Å². The van der Waals surface area contributed by atoms with Crippen molar-refractivity contribution < 1.29 is 0 Å². The Balaban J connectivity index is 2.06. The molecule has 1 heterocycles. The molecule has 0 aliphatic carbocycles. The third kappa shape index (κ3) is 3.45. The van der Waals surface area contributed by atoms with E-state index >= 15 is 0 Å². The summed E-state index contributed by atoms with van der Waals surface area (Å²) in [6, 6.07) is 10.1. The number of aryl methyl sites for hydroxylation is 1. The fourth-order valence-corrected chi connectivity index (χ4v) is 1.56. The van der Waals surface area contributed by atoms with Crippen LogP contribution in [0.2, 0.25) is 0 Å². The molecule has 1 aromatic carbocycles. The fourth-order valence-electron chi connectivity index (χ4n) is 1.56. The van der Waals surface area contributed by atoms with Crippen molar-refractivity contribution in [1.29, 1.82) is 0 Å². The van der Waals surface area contributed by atoms with Gasteiger partial charge in [0.15, 0.2) is 0 Å². The van der Waals surface area contributed by atoms with Gasteiger partial charge < -0.3 is 10.6 Å². The molecule has 0 atom stereocenters. The number of rotatable bonds is 5. The summed E-state index contributed by atoms with van der Waals surface area (Å²) in [5.74, 6) is 1.65. The summed E-state index contributed by atoms with van der Waals surface area (Å²) in [6.45, 7) is 5.11. The van der Waals surface area contributed by atoms with Crippen LogP contribution in [0.15, 0.2) is 36.7 Å². The van der Waals surface area contributed by atoms with E-state index in [4.69, 9.17) is 0 Å². The van der Waals surface area contributed by atoms with Gasteiger partial charge in [0.2, 0.25) is 0 Å². The normalized spacial score (nSPS) is 10.1. The summed E-state index contributed by atoms with van der Waals surface area (Å²) in [5.41, 5.74) is 2.27. The Morgan fingerprint density at radius 1 is 1.06 bits per heavy atom. The predicted molar refractivity (Wildman–Crippen MR) is 75.3 cm³/mol. The first kappa shape index (κ1) is 12.4. The minimum absolute atomic E-state index is 0.799. The van der Waals surface area contributed by atoms with Gasteiger partial charge in [0.05, 0.1) is 0 Å². The van der Waals surface area contributed by atoms with Gasteiger partial charge in [0.25, 0.3) is 0 Å². The summed E-state index contributed by atoms with van der Waals surface area (Å²) in [5, 5.41) is 6.50. The van der Waals surface area contributed by atoms with Crippen LogP contribution >= 0.6 is 0 Å². The topological polar surface area (TPSA) is 49.8 Å². The van der Waals surface area contributed by atoms with E-state index in [9.17, 15) is 0 Å². The van der Waals surface area contributed by atoms with Crippen LogP contribution < -0.4 is 10.6 Å². The molecular formula is C14H18N4. The van der Waals surface area contributed by atoms with Crippen LogP contribution in [0.4, 0.5) is 17.3 Å². The van der Waals surface area contributed by atoms with E-state index in [1.165, 1.54) is 5.56 Å². The summed E-state index contributed by atoms with van der Waals surface area (Å²) in [6.07, 6.45) is 2.64. The highest BCUT2D eigenvalue weighted by Gasteiger charge is 1.98. The van der Waals surface area contributed by atoms with Crippen molar-refractivity contribution in [2.45, 2.75) is 20.3 Å². The van der Waals surface area contributed by atoms with Crippen LogP contribution in [0.3, 0.4) is 0 Å². The van der Waals surface area contributed by atoms with Crippen LogP contribution in [-0.2, 0) is 0 Å². The van der Waals surface area contributed by atoms with Gasteiger partial charge >= 0.3 is 0 Å². The highest BCUT2D eigenvalue weighted by atomic mass is 15.1. The Morgan fingerprint density at radius 3 is 2.50 bits per heavy atom. The zero-order chi connectivity index (χ0) is 12.8. The van der Waals surface area contributed by atoms with E-state index in [1.807, 2.05) is 18.2 Å². The van der Waals surface area contributed by atoms with Crippen LogP contribution in [0.1, 0.15) is 18.9 Å². The monoisotopic (exact) mass is 242 g/mol. The fraction of sp³-hybridized carbons (Fsp3) is 0.286. The van der Waals surface area contributed by atoms with Crippen molar-refractivity contribution in [3.05, 3.63) is 42.2 Å². The quantitative estimate of drug-likeness (QED) is 0.844. The number of anilines is 3. The Morgan fingerprint density at radius 2 is 1.78 bits per heavy atom. The van der Waals surface area contributed by atoms with Crippen molar-refractivity contribution in [3.63, 3.8) is 0 Å². The molecule has 94 valence electrons. The van der Waals surface area contributed by atoms with E-state index < -0.39 is 0 Å². The molecule has 1 aromatic heterocycles. The van der Waals surface area contributed by atoms with Gasteiger partial charge in [-0.3, -0.25) is 0 Å². The molecule has 18 heavy (non-hydrogen) atoms. The van der Waals surface area contributed by atoms with E-state index in [-0.39, 0.29) is 0 Å². The van der Waals surface area contributed by atoms with Crippen LogP contribution in [0.5, 0.6) is 0 Å². The van der Waals surface area contributed by atoms with Gasteiger partial charge in [-0.05, 0) is 25.5 Å². The minimum Gasteiger partial charge on any atom is -0.370 e. The summed E-state index contributed by atoms with van der Waals surface area (Å²) in [7, 11) is 0. The van der Waals surface area contributed by atoms with Crippen molar-refractivity contribution in [2.75, 3.05) is 17.2 Å². The van der Waals surface area contributed by atoms with Gasteiger partial charge in [0.1, 0.15) is 18.0 Å². The number of benzene rings is 1. The van der Waals surface area contributed by atoms with Crippen LogP contribution in [0.25, 0.3) is 0 Å². The largest absolute Gasteiger partial charge is 0.370 e. The van der Waals surface area contributed by atoms with E-state index in [1.54, 1.807) is 6.33 Å². The van der Waals surface area contributed by atoms with Crippen LogP contribution in [-0.4, -0.2) is 16.5 Å². The van der Waals surface area contributed by atoms with Gasteiger partial charge in [-0.15, -0.1) is 0 Å². The third-order valence-electron chi connectivity index (χ3n) is 2.55. The van der Waals surface area contributed by atoms with Gasteiger partial charge in [-0.25, -0.2) is 9.97 Å². The number of nitrogens with zero attached hydrogens (tertiary/aromatic N) is 2. The summed E-state index contributed by atoms with van der Waals surface area (Å²) >= 11 is 0. The molecule has 0 radical (unpaired) electrons. The molecule has 0 aliphatic rings. The van der Waals surface area contributed by atoms with Crippen LogP contribution in [0, 0.1) is 6.92 Å². The SMILES string of the molecule is CCCNc1cc(Nc2ccc(C)cc2)ncn1. The molecule has 2 aromatic rings. The molecule has 0 spiro atoms. The molecule has 4 nitrogen and oxygen atoms in total. The van der Waals surface area contributed by atoms with Gasteiger partial charge in [0, 0.05) is 18.3 Å². The maximum atomic E-state index is 4.20. The lowest BCUT2D eigenvalue weighted by atomic mass is 10.2. The lowest BCUT2D eigenvalue weighted by Gasteiger charge is -2.08. The average molecular weight is 242 g/mol. The van der Waals surface area contributed by atoms with Gasteiger partial charge in [-0.2, -0.15) is 0 Å². The molecule has 2 N–H and O–H groups in total. The number of nitrogens with one attached hydrogen (secondary N) is 2. The maximum Gasteiger partial charge on any atom is 0.135 e. The standard InChI is InChI=1S/C14H18N4/c1-3-8-15-13-9-14(17-10-16-13)18-12-6-4-11(2)5-7-12/h4-7,9-10H,3,8H2,1-2H3,(H2,15,16,17,18). The highest BCUT2D eigenvalue weighted by molar-refractivity contribution is 5.58. The molecule has 2 rings (SSSR count). The summed E-state index contributed by atoms with van der Waals surface area (Å²) in [4.78, 5) is 8.37. The molecule has 4 heteroatoms. The van der Waals surface area contributed by atoms with Gasteiger partial charge in [-0.1, -0.05) is 24.6 Å². The number of hydrogen-bond acceptors (Lipinski definition) is 4. The Hall–Kier alpha value is -2.10. The Bertz CT molecular complexity index is 493. The summed E-state index contributed by atoms with van der Waals surface area (Å²) < 4.78 is 0. The molecular weight excluding hydrogens is 224 g/mol. The molecule has 0 saturated heterocycles. The van der Waals surface area contributed by atoms with E-state index in [0.717, 1.165) is 30.3 Å². The highest BCUT2D eigenvalue weighted by Crippen LogP contribution is 2.16. The first-order chi connectivity index (χ1) is 8.78. The number of aromatic nitrogens is 2. The lowest BCUT2D eigenvalue weighted by molar-refractivity contribution is 0.965. The smallest absolute Gasteiger partial charge is 0.135 e.